The first-order valence-corrected chi connectivity index (χ1v) is 8.78. The fraction of sp³-hybridized carbons (Fsp3) is 0.500. The lowest BCUT2D eigenvalue weighted by Crippen LogP contribution is -2.64. The molecule has 1 N–H and O–H groups in total. The highest BCUT2D eigenvalue weighted by Gasteiger charge is 2.51. The number of urea groups is 1. The number of carbonyl (C=O) groups excluding carboxylic acids is 2. The van der Waals surface area contributed by atoms with E-state index in [1.807, 2.05) is 0 Å². The van der Waals surface area contributed by atoms with Crippen molar-refractivity contribution in [3.63, 3.8) is 0 Å². The third kappa shape index (κ3) is 2.85. The van der Waals surface area contributed by atoms with Crippen LogP contribution in [0.5, 0.6) is 0 Å². The summed E-state index contributed by atoms with van der Waals surface area (Å²) in [4.78, 5) is 47.1. The summed E-state index contributed by atoms with van der Waals surface area (Å²) in [6.45, 7) is 2.64. The Balaban J connectivity index is 2.18. The molecule has 2 aliphatic heterocycles. The van der Waals surface area contributed by atoms with Gasteiger partial charge in [-0.3, -0.25) is 9.69 Å². The minimum Gasteiger partial charge on any atom is -0.465 e. The van der Waals surface area contributed by atoms with Gasteiger partial charge in [-0.05, 0) is 24.1 Å². The van der Waals surface area contributed by atoms with Crippen LogP contribution in [0.4, 0.5) is 9.59 Å². The zero-order chi connectivity index (χ0) is 18.9. The molecule has 0 radical (unpaired) electrons. The van der Waals surface area contributed by atoms with Crippen LogP contribution in [-0.4, -0.2) is 53.1 Å². The summed E-state index contributed by atoms with van der Waals surface area (Å²) in [7, 11) is 1.69. The van der Waals surface area contributed by atoms with Crippen molar-refractivity contribution in [2.75, 3.05) is 20.1 Å². The molecular weight excluding hydrogens is 336 g/mol. The highest BCUT2D eigenvalue weighted by molar-refractivity contribution is 5.92. The van der Waals surface area contributed by atoms with Gasteiger partial charge in [-0.25, -0.2) is 9.59 Å². The first-order chi connectivity index (χ1) is 12.4. The molecule has 1 aromatic carbocycles. The SMILES string of the molecule is CCCCCC1(c2ccc3c(c2)=NC(=O)N=3)C(=O)N(C)CCN1C(=O)O. The van der Waals surface area contributed by atoms with Crippen LogP contribution in [0, 0.1) is 0 Å². The van der Waals surface area contributed by atoms with E-state index in [1.165, 1.54) is 4.90 Å². The molecule has 3 rings (SSSR count). The van der Waals surface area contributed by atoms with Crippen molar-refractivity contribution in [1.82, 2.24) is 9.80 Å². The Hall–Kier alpha value is -2.77. The van der Waals surface area contributed by atoms with Gasteiger partial charge < -0.3 is 10.0 Å². The molecule has 2 heterocycles. The number of amides is 4. The number of carboxylic acid groups (broad SMARTS) is 1. The van der Waals surface area contributed by atoms with E-state index in [1.54, 1.807) is 30.1 Å². The van der Waals surface area contributed by atoms with Crippen LogP contribution in [0.3, 0.4) is 0 Å². The Morgan fingerprint density at radius 2 is 1.92 bits per heavy atom. The maximum Gasteiger partial charge on any atom is 0.408 e. The predicted octanol–water partition coefficient (Wildman–Crippen LogP) is 1.29. The standard InChI is InChI=1S/C18H22N4O4/c1-3-4-5-8-18(15(23)21(2)9-10-22(18)17(25)26)12-6-7-13-14(11-12)20-16(24)19-13/h6-7,11H,3-5,8-10H2,1-2H3,(H,25,26). The molecule has 8 heteroatoms. The van der Waals surface area contributed by atoms with Crippen molar-refractivity contribution < 1.29 is 19.5 Å². The fourth-order valence-electron chi connectivity index (χ4n) is 3.72. The lowest BCUT2D eigenvalue weighted by Gasteiger charge is -2.47. The Morgan fingerprint density at radius 1 is 1.19 bits per heavy atom. The van der Waals surface area contributed by atoms with Crippen molar-refractivity contribution in [3.05, 3.63) is 34.5 Å². The van der Waals surface area contributed by atoms with Gasteiger partial charge in [0.15, 0.2) is 5.54 Å². The average Bonchev–Trinajstić information content (AvgIpc) is 2.97. The average molecular weight is 358 g/mol. The molecule has 26 heavy (non-hydrogen) atoms. The van der Waals surface area contributed by atoms with Gasteiger partial charge in [0.05, 0.1) is 10.7 Å². The largest absolute Gasteiger partial charge is 0.465 e. The highest BCUT2D eigenvalue weighted by atomic mass is 16.4. The van der Waals surface area contributed by atoms with Gasteiger partial charge in [0.2, 0.25) is 0 Å². The van der Waals surface area contributed by atoms with Crippen LogP contribution in [0.15, 0.2) is 28.2 Å². The number of nitrogens with zero attached hydrogens (tertiary/aromatic N) is 4. The molecule has 1 fully saturated rings. The van der Waals surface area contributed by atoms with Crippen molar-refractivity contribution in [2.24, 2.45) is 9.98 Å². The number of likely N-dealkylation sites (N-methyl/N-ethyl adjacent to an activating group) is 1. The normalized spacial score (nSPS) is 22.1. The number of hydrogen-bond donors (Lipinski definition) is 1. The quantitative estimate of drug-likeness (QED) is 0.801. The number of unbranched alkanes of at least 4 members (excludes halogenated alkanes) is 2. The van der Waals surface area contributed by atoms with Crippen LogP contribution in [0.2, 0.25) is 0 Å². The van der Waals surface area contributed by atoms with Gasteiger partial charge in [-0.2, -0.15) is 9.98 Å². The van der Waals surface area contributed by atoms with E-state index in [0.717, 1.165) is 19.3 Å². The van der Waals surface area contributed by atoms with Crippen LogP contribution < -0.4 is 10.7 Å². The van der Waals surface area contributed by atoms with Gasteiger partial charge in [0.25, 0.3) is 5.91 Å². The van der Waals surface area contributed by atoms with E-state index in [0.29, 0.717) is 29.2 Å². The summed E-state index contributed by atoms with van der Waals surface area (Å²) in [6, 6.07) is 4.36. The molecule has 0 spiro atoms. The number of rotatable bonds is 5. The maximum absolute atomic E-state index is 13.2. The highest BCUT2D eigenvalue weighted by Crippen LogP contribution is 2.38. The van der Waals surface area contributed by atoms with E-state index in [2.05, 4.69) is 16.9 Å². The predicted molar refractivity (Wildman–Crippen MR) is 92.3 cm³/mol. The molecule has 1 atom stereocenters. The molecule has 1 saturated heterocycles. The van der Waals surface area contributed by atoms with Crippen LogP contribution in [0.25, 0.3) is 0 Å². The number of hydrogen-bond acceptors (Lipinski definition) is 3. The Morgan fingerprint density at radius 3 is 2.62 bits per heavy atom. The zero-order valence-electron chi connectivity index (χ0n) is 14.9. The third-order valence-corrected chi connectivity index (χ3v) is 5.08. The van der Waals surface area contributed by atoms with Crippen LogP contribution in [-0.2, 0) is 10.3 Å². The molecule has 1 aromatic rings. The maximum atomic E-state index is 13.2. The summed E-state index contributed by atoms with van der Waals surface area (Å²) in [5.41, 5.74) is -0.760. The molecule has 2 aliphatic rings. The minimum absolute atomic E-state index is 0.237. The number of carbonyl (C=O) groups is 3. The van der Waals surface area contributed by atoms with Crippen LogP contribution >= 0.6 is 0 Å². The van der Waals surface area contributed by atoms with Crippen molar-refractivity contribution in [1.29, 1.82) is 0 Å². The summed E-state index contributed by atoms with van der Waals surface area (Å²) >= 11 is 0. The smallest absolute Gasteiger partial charge is 0.408 e. The van der Waals surface area contributed by atoms with Gasteiger partial charge in [0.1, 0.15) is 0 Å². The molecular formula is C18H22N4O4. The third-order valence-electron chi connectivity index (χ3n) is 5.08. The molecule has 0 aliphatic carbocycles. The molecule has 1 unspecified atom stereocenters. The van der Waals surface area contributed by atoms with Crippen LogP contribution in [0.1, 0.15) is 38.2 Å². The second-order valence-electron chi connectivity index (χ2n) is 6.69. The molecule has 4 amide bonds. The van der Waals surface area contributed by atoms with Crippen molar-refractivity contribution in [3.8, 4) is 0 Å². The van der Waals surface area contributed by atoms with Crippen molar-refractivity contribution >= 4 is 18.0 Å². The number of piperazine rings is 1. The van der Waals surface area contributed by atoms with Gasteiger partial charge in [-0.1, -0.05) is 32.3 Å². The van der Waals surface area contributed by atoms with Crippen molar-refractivity contribution in [2.45, 2.75) is 38.1 Å². The van der Waals surface area contributed by atoms with E-state index in [4.69, 9.17) is 0 Å². The number of benzene rings is 1. The minimum atomic E-state index is -1.30. The van der Waals surface area contributed by atoms with Gasteiger partial charge in [0, 0.05) is 20.1 Å². The second kappa shape index (κ2) is 6.86. The van der Waals surface area contributed by atoms with E-state index >= 15 is 0 Å². The number of fused-ring (bicyclic) bond motifs is 1. The molecule has 0 saturated carbocycles. The topological polar surface area (TPSA) is 103 Å². The molecule has 138 valence electrons. The Kier molecular flexibility index (Phi) is 4.76. The summed E-state index contributed by atoms with van der Waals surface area (Å²) in [5, 5.41) is 10.6. The Labute approximate surface area is 150 Å². The summed E-state index contributed by atoms with van der Waals surface area (Å²) in [6.07, 6.45) is 1.84. The fourth-order valence-corrected chi connectivity index (χ4v) is 3.72. The second-order valence-corrected chi connectivity index (χ2v) is 6.69. The van der Waals surface area contributed by atoms with Gasteiger partial charge >= 0.3 is 12.1 Å². The lowest BCUT2D eigenvalue weighted by atomic mass is 9.80. The first-order valence-electron chi connectivity index (χ1n) is 8.78. The zero-order valence-corrected chi connectivity index (χ0v) is 14.9. The molecule has 0 aromatic heterocycles. The van der Waals surface area contributed by atoms with Gasteiger partial charge in [-0.15, -0.1) is 0 Å². The molecule has 8 nitrogen and oxygen atoms in total. The summed E-state index contributed by atoms with van der Waals surface area (Å²) in [5.74, 6) is -0.247. The lowest BCUT2D eigenvalue weighted by molar-refractivity contribution is -0.149. The van der Waals surface area contributed by atoms with E-state index in [-0.39, 0.29) is 12.5 Å². The first kappa shape index (κ1) is 18.0. The van der Waals surface area contributed by atoms with E-state index < -0.39 is 17.7 Å². The Bertz CT molecular complexity index is 882. The summed E-state index contributed by atoms with van der Waals surface area (Å²) < 4.78 is 0. The molecule has 0 bridgehead atoms. The van der Waals surface area contributed by atoms with E-state index in [9.17, 15) is 19.5 Å². The monoisotopic (exact) mass is 358 g/mol.